The molecule has 1 saturated carbocycles. The Morgan fingerprint density at radius 3 is 2.74 bits per heavy atom. The Hall–Kier alpha value is -2.63. The number of hydrogen-bond donors (Lipinski definition) is 1. The first-order chi connectivity index (χ1) is 13.0. The zero-order valence-corrected chi connectivity index (χ0v) is 15.9. The first-order valence-electron chi connectivity index (χ1n) is 9.75. The van der Waals surface area contributed by atoms with Gasteiger partial charge in [-0.2, -0.15) is 5.10 Å². The number of nitrogens with one attached hydrogen (secondary N) is 1. The predicted octanol–water partition coefficient (Wildman–Crippen LogP) is 3.61. The summed E-state index contributed by atoms with van der Waals surface area (Å²) in [5, 5.41) is 7.41. The summed E-state index contributed by atoms with van der Waals surface area (Å²) in [6, 6.07) is 8.16. The maximum Gasteiger partial charge on any atom is 0.230 e. The van der Waals surface area contributed by atoms with E-state index in [0.29, 0.717) is 12.6 Å². The number of aryl methyl sites for hydroxylation is 1. The summed E-state index contributed by atoms with van der Waals surface area (Å²) in [4.78, 5) is 27.1. The zero-order chi connectivity index (χ0) is 19.0. The average Bonchev–Trinajstić information content (AvgIpc) is 3.38. The molecule has 1 aliphatic carbocycles. The van der Waals surface area contributed by atoms with Crippen LogP contribution in [0, 0.1) is 19.8 Å². The fourth-order valence-corrected chi connectivity index (χ4v) is 4.23. The molecule has 1 atom stereocenters. The topological polar surface area (TPSA) is 67.2 Å². The van der Waals surface area contributed by atoms with E-state index >= 15 is 0 Å². The van der Waals surface area contributed by atoms with Crippen molar-refractivity contribution < 1.29 is 9.59 Å². The lowest BCUT2D eigenvalue weighted by Gasteiger charge is -2.20. The summed E-state index contributed by atoms with van der Waals surface area (Å²) < 4.78 is 1.93. The van der Waals surface area contributed by atoms with Gasteiger partial charge in [-0.1, -0.05) is 25.0 Å². The molecule has 142 valence electrons. The highest BCUT2D eigenvalue weighted by atomic mass is 16.2. The predicted molar refractivity (Wildman–Crippen MR) is 105 cm³/mol. The Kier molecular flexibility index (Phi) is 4.72. The Morgan fingerprint density at radius 2 is 1.96 bits per heavy atom. The Morgan fingerprint density at radius 1 is 1.19 bits per heavy atom. The van der Waals surface area contributed by atoms with Crippen LogP contribution in [0.5, 0.6) is 0 Å². The van der Waals surface area contributed by atoms with Crippen molar-refractivity contribution in [1.82, 2.24) is 9.78 Å². The van der Waals surface area contributed by atoms with Gasteiger partial charge in [-0.25, -0.2) is 4.68 Å². The monoisotopic (exact) mass is 366 g/mol. The molecule has 6 nitrogen and oxygen atoms in total. The molecule has 6 heteroatoms. The van der Waals surface area contributed by atoms with Crippen LogP contribution in [-0.4, -0.2) is 28.1 Å². The molecule has 4 rings (SSSR count). The second-order valence-corrected chi connectivity index (χ2v) is 7.71. The molecule has 1 N–H and O–H groups in total. The maximum atomic E-state index is 12.8. The van der Waals surface area contributed by atoms with E-state index in [1.165, 1.54) is 12.8 Å². The summed E-state index contributed by atoms with van der Waals surface area (Å²) in [5.41, 5.74) is 3.14. The molecule has 2 amide bonds. The van der Waals surface area contributed by atoms with E-state index in [-0.39, 0.29) is 24.2 Å². The molecule has 1 aromatic carbocycles. The average molecular weight is 366 g/mol. The van der Waals surface area contributed by atoms with Gasteiger partial charge in [-0.05, 0) is 43.9 Å². The van der Waals surface area contributed by atoms with Gasteiger partial charge in [0.25, 0.3) is 0 Å². The van der Waals surface area contributed by atoms with Crippen LogP contribution in [0.3, 0.4) is 0 Å². The van der Waals surface area contributed by atoms with Crippen LogP contribution in [-0.2, 0) is 9.59 Å². The number of anilines is 2. The van der Waals surface area contributed by atoms with Gasteiger partial charge in [-0.3, -0.25) is 9.59 Å². The van der Waals surface area contributed by atoms with Crippen LogP contribution in [0.15, 0.2) is 30.5 Å². The molecular formula is C21H26N4O2. The minimum atomic E-state index is -0.343. The van der Waals surface area contributed by atoms with Crippen LogP contribution in [0.4, 0.5) is 11.5 Å². The van der Waals surface area contributed by atoms with Crippen molar-refractivity contribution >= 4 is 23.3 Å². The number of benzene rings is 1. The van der Waals surface area contributed by atoms with Crippen LogP contribution in [0.1, 0.15) is 49.3 Å². The van der Waals surface area contributed by atoms with Gasteiger partial charge >= 0.3 is 0 Å². The summed E-state index contributed by atoms with van der Waals surface area (Å²) in [5.74, 6) is 0.304. The quantitative estimate of drug-likeness (QED) is 0.899. The van der Waals surface area contributed by atoms with Crippen molar-refractivity contribution in [2.75, 3.05) is 16.8 Å². The molecular weight excluding hydrogens is 340 g/mol. The fraction of sp³-hybridized carbons (Fsp3) is 0.476. The van der Waals surface area contributed by atoms with Crippen molar-refractivity contribution in [3.63, 3.8) is 0 Å². The van der Waals surface area contributed by atoms with E-state index < -0.39 is 0 Å². The summed E-state index contributed by atoms with van der Waals surface area (Å²) in [6.45, 7) is 4.48. The molecule has 2 aromatic rings. The van der Waals surface area contributed by atoms with E-state index in [9.17, 15) is 9.59 Å². The van der Waals surface area contributed by atoms with Gasteiger partial charge in [0.1, 0.15) is 5.82 Å². The molecule has 2 fully saturated rings. The third-order valence-corrected chi connectivity index (χ3v) is 5.95. The van der Waals surface area contributed by atoms with E-state index in [1.807, 2.05) is 42.8 Å². The Balaban J connectivity index is 1.47. The van der Waals surface area contributed by atoms with Crippen LogP contribution >= 0.6 is 0 Å². The molecule has 0 spiro atoms. The highest BCUT2D eigenvalue weighted by Crippen LogP contribution is 2.32. The van der Waals surface area contributed by atoms with Crippen molar-refractivity contribution in [2.45, 2.75) is 52.0 Å². The molecule has 1 unspecified atom stereocenters. The van der Waals surface area contributed by atoms with Crippen molar-refractivity contribution in [1.29, 1.82) is 0 Å². The van der Waals surface area contributed by atoms with Crippen molar-refractivity contribution in [3.05, 3.63) is 41.6 Å². The van der Waals surface area contributed by atoms with Gasteiger partial charge < -0.3 is 10.2 Å². The van der Waals surface area contributed by atoms with Gasteiger partial charge in [0, 0.05) is 24.7 Å². The lowest BCUT2D eigenvalue weighted by molar-refractivity contribution is -0.122. The molecule has 27 heavy (non-hydrogen) atoms. The molecule has 1 aromatic heterocycles. The highest BCUT2D eigenvalue weighted by molar-refractivity contribution is 6.03. The third-order valence-electron chi connectivity index (χ3n) is 5.95. The molecule has 0 radical (unpaired) electrons. The van der Waals surface area contributed by atoms with Crippen LogP contribution in [0.2, 0.25) is 0 Å². The minimum Gasteiger partial charge on any atom is -0.311 e. The Labute approximate surface area is 159 Å². The SMILES string of the molecule is Cc1cccc(N2CC(C(=O)Nc3ccnn3C3CCCC3)CC2=O)c1C. The number of hydrogen-bond acceptors (Lipinski definition) is 3. The highest BCUT2D eigenvalue weighted by Gasteiger charge is 2.36. The molecule has 1 saturated heterocycles. The van der Waals surface area contributed by atoms with Crippen molar-refractivity contribution in [2.24, 2.45) is 5.92 Å². The number of rotatable bonds is 4. The van der Waals surface area contributed by atoms with E-state index in [4.69, 9.17) is 0 Å². The van der Waals surface area contributed by atoms with E-state index in [0.717, 1.165) is 35.5 Å². The number of carbonyl (C=O) groups excluding carboxylic acids is 2. The number of aromatic nitrogens is 2. The second kappa shape index (κ2) is 7.18. The van der Waals surface area contributed by atoms with Gasteiger partial charge in [0.05, 0.1) is 18.2 Å². The second-order valence-electron chi connectivity index (χ2n) is 7.71. The van der Waals surface area contributed by atoms with Gasteiger partial charge in [-0.15, -0.1) is 0 Å². The number of nitrogens with zero attached hydrogens (tertiary/aromatic N) is 3. The Bertz CT molecular complexity index is 867. The van der Waals surface area contributed by atoms with E-state index in [1.54, 1.807) is 11.1 Å². The first-order valence-corrected chi connectivity index (χ1v) is 9.75. The third kappa shape index (κ3) is 3.36. The van der Waals surface area contributed by atoms with Gasteiger partial charge in [0.15, 0.2) is 0 Å². The fourth-order valence-electron chi connectivity index (χ4n) is 4.23. The zero-order valence-electron chi connectivity index (χ0n) is 15.9. The molecule has 0 bridgehead atoms. The lowest BCUT2D eigenvalue weighted by Crippen LogP contribution is -2.29. The van der Waals surface area contributed by atoms with Crippen molar-refractivity contribution in [3.8, 4) is 0 Å². The maximum absolute atomic E-state index is 12.8. The number of carbonyl (C=O) groups is 2. The molecule has 1 aliphatic heterocycles. The molecule has 2 heterocycles. The van der Waals surface area contributed by atoms with Crippen LogP contribution in [0.25, 0.3) is 0 Å². The largest absolute Gasteiger partial charge is 0.311 e. The lowest BCUT2D eigenvalue weighted by atomic mass is 10.1. The normalized spacial score (nSPS) is 20.4. The minimum absolute atomic E-state index is 0.00755. The standard InChI is InChI=1S/C21H26N4O2/c1-14-6-5-9-18(15(14)2)24-13-16(12-20(24)26)21(27)23-19-10-11-22-25(19)17-7-3-4-8-17/h5-6,9-11,16-17H,3-4,7-8,12-13H2,1-2H3,(H,23,27). The first kappa shape index (κ1) is 17.8. The molecule has 2 aliphatic rings. The summed E-state index contributed by atoms with van der Waals surface area (Å²) in [7, 11) is 0. The van der Waals surface area contributed by atoms with Gasteiger partial charge in [0.2, 0.25) is 11.8 Å². The smallest absolute Gasteiger partial charge is 0.230 e. The van der Waals surface area contributed by atoms with Crippen LogP contribution < -0.4 is 10.2 Å². The summed E-state index contributed by atoms with van der Waals surface area (Å²) >= 11 is 0. The van der Waals surface area contributed by atoms with E-state index in [2.05, 4.69) is 10.4 Å². The number of amides is 2. The summed E-state index contributed by atoms with van der Waals surface area (Å²) in [6.07, 6.45) is 6.60.